The summed E-state index contributed by atoms with van der Waals surface area (Å²) in [5.74, 6) is -0.238. The molecule has 6 heteroatoms. The van der Waals surface area contributed by atoms with Crippen molar-refractivity contribution in [1.29, 1.82) is 0 Å². The Hall–Kier alpha value is -0.750. The van der Waals surface area contributed by atoms with Gasteiger partial charge in [-0.3, -0.25) is 0 Å². The summed E-state index contributed by atoms with van der Waals surface area (Å²) in [7, 11) is -3.46. The zero-order chi connectivity index (χ0) is 22.0. The molecule has 0 bridgehead atoms. The Bertz CT molecular complexity index is 501. The van der Waals surface area contributed by atoms with Crippen molar-refractivity contribution in [2.75, 3.05) is 5.75 Å². The standard InChI is InChI=1S/C23H47NO4S/c1-3-4-5-6-7-8-9-10-11-12-13-14-15-16-22(19-20-29(24,27)28)21(2)17-18-23(25)26/h18,21-22,25-26H,3-17,19-20H2,1-2H3,(H2,24,27,28). The van der Waals surface area contributed by atoms with E-state index in [9.17, 15) is 8.42 Å². The first-order chi connectivity index (χ1) is 13.8. The number of primary sulfonamides is 1. The number of aliphatic hydroxyl groups is 2. The van der Waals surface area contributed by atoms with E-state index < -0.39 is 16.0 Å². The number of hydrogen-bond donors (Lipinski definition) is 3. The summed E-state index contributed by atoms with van der Waals surface area (Å²) in [5, 5.41) is 23.0. The Morgan fingerprint density at radius 1 is 0.828 bits per heavy atom. The maximum Gasteiger partial charge on any atom is 0.269 e. The largest absolute Gasteiger partial charge is 0.481 e. The average molecular weight is 434 g/mol. The molecule has 0 heterocycles. The number of hydrogen-bond acceptors (Lipinski definition) is 4. The molecular weight excluding hydrogens is 386 g/mol. The van der Waals surface area contributed by atoms with Crippen molar-refractivity contribution in [3.63, 3.8) is 0 Å². The first-order valence-electron chi connectivity index (χ1n) is 11.8. The second kappa shape index (κ2) is 18.1. The number of unbranched alkanes of at least 4 members (excludes halogenated alkanes) is 12. The lowest BCUT2D eigenvalue weighted by molar-refractivity contribution is 0.186. The summed E-state index contributed by atoms with van der Waals surface area (Å²) in [6.07, 6.45) is 20.5. The van der Waals surface area contributed by atoms with Gasteiger partial charge < -0.3 is 10.2 Å². The molecule has 4 N–H and O–H groups in total. The highest BCUT2D eigenvalue weighted by atomic mass is 32.2. The maximum absolute atomic E-state index is 11.3. The van der Waals surface area contributed by atoms with Crippen LogP contribution in [0.5, 0.6) is 0 Å². The lowest BCUT2D eigenvalue weighted by Crippen LogP contribution is -2.21. The third-order valence-electron chi connectivity index (χ3n) is 5.93. The highest BCUT2D eigenvalue weighted by Gasteiger charge is 2.18. The van der Waals surface area contributed by atoms with E-state index in [1.54, 1.807) is 0 Å². The third kappa shape index (κ3) is 20.3. The summed E-state index contributed by atoms with van der Waals surface area (Å²) in [6, 6.07) is 0. The molecule has 0 aliphatic carbocycles. The van der Waals surface area contributed by atoms with Crippen molar-refractivity contribution >= 4 is 10.0 Å². The molecule has 0 spiro atoms. The highest BCUT2D eigenvalue weighted by molar-refractivity contribution is 7.89. The quantitative estimate of drug-likeness (QED) is 0.146. The van der Waals surface area contributed by atoms with Gasteiger partial charge >= 0.3 is 0 Å². The molecule has 2 atom stereocenters. The summed E-state index contributed by atoms with van der Waals surface area (Å²) >= 11 is 0. The molecule has 2 unspecified atom stereocenters. The fourth-order valence-electron chi connectivity index (χ4n) is 3.94. The fraction of sp³-hybridized carbons (Fsp3) is 0.913. The van der Waals surface area contributed by atoms with Gasteiger partial charge in [-0.1, -0.05) is 104 Å². The van der Waals surface area contributed by atoms with Gasteiger partial charge in [0.05, 0.1) is 5.75 Å². The minimum absolute atomic E-state index is 0.00469. The first kappa shape index (κ1) is 28.2. The van der Waals surface area contributed by atoms with Crippen LogP contribution in [0.15, 0.2) is 12.0 Å². The predicted molar refractivity (Wildman–Crippen MR) is 124 cm³/mol. The minimum atomic E-state index is -3.46. The average Bonchev–Trinajstić information content (AvgIpc) is 2.65. The van der Waals surface area contributed by atoms with E-state index in [0.29, 0.717) is 12.8 Å². The normalized spacial score (nSPS) is 13.9. The maximum atomic E-state index is 11.3. The molecular formula is C23H47NO4S. The molecule has 0 rings (SSSR count). The SMILES string of the molecule is CCCCCCCCCCCCCCCC(CCS(N)(=O)=O)C(C)CC=C(O)O. The van der Waals surface area contributed by atoms with Gasteiger partial charge in [0.1, 0.15) is 0 Å². The van der Waals surface area contributed by atoms with Crippen LogP contribution in [0.3, 0.4) is 0 Å². The van der Waals surface area contributed by atoms with Crippen LogP contribution in [-0.4, -0.2) is 24.4 Å². The van der Waals surface area contributed by atoms with Gasteiger partial charge in [0.2, 0.25) is 10.0 Å². The van der Waals surface area contributed by atoms with E-state index in [2.05, 4.69) is 6.92 Å². The van der Waals surface area contributed by atoms with Crippen LogP contribution in [0.4, 0.5) is 0 Å². The van der Waals surface area contributed by atoms with Crippen molar-refractivity contribution in [2.24, 2.45) is 17.0 Å². The summed E-state index contributed by atoms with van der Waals surface area (Å²) < 4.78 is 22.6. The number of allylic oxidation sites excluding steroid dienone is 1. The van der Waals surface area contributed by atoms with Crippen LogP contribution in [0.2, 0.25) is 0 Å². The monoisotopic (exact) mass is 433 g/mol. The second-order valence-electron chi connectivity index (χ2n) is 8.72. The van der Waals surface area contributed by atoms with Crippen LogP contribution in [0, 0.1) is 11.8 Å². The molecule has 0 radical (unpaired) electrons. The molecule has 0 aliphatic heterocycles. The van der Waals surface area contributed by atoms with E-state index in [0.717, 1.165) is 12.8 Å². The van der Waals surface area contributed by atoms with Gasteiger partial charge in [-0.15, -0.1) is 0 Å². The number of nitrogens with two attached hydrogens (primary N) is 1. The van der Waals surface area contributed by atoms with E-state index >= 15 is 0 Å². The lowest BCUT2D eigenvalue weighted by atomic mass is 9.84. The molecule has 29 heavy (non-hydrogen) atoms. The van der Waals surface area contributed by atoms with Crippen molar-refractivity contribution in [2.45, 2.75) is 117 Å². The molecule has 0 amide bonds. The van der Waals surface area contributed by atoms with E-state index in [1.165, 1.54) is 83.1 Å². The molecule has 0 fully saturated rings. The van der Waals surface area contributed by atoms with Crippen LogP contribution in [0.1, 0.15) is 117 Å². The van der Waals surface area contributed by atoms with E-state index in [-0.39, 0.29) is 17.6 Å². The lowest BCUT2D eigenvalue weighted by Gasteiger charge is -2.23. The zero-order valence-electron chi connectivity index (χ0n) is 18.9. The Morgan fingerprint density at radius 2 is 1.28 bits per heavy atom. The predicted octanol–water partition coefficient (Wildman–Crippen LogP) is 6.75. The molecule has 0 aromatic rings. The van der Waals surface area contributed by atoms with Gasteiger partial charge in [0.25, 0.3) is 5.95 Å². The van der Waals surface area contributed by atoms with Crippen molar-refractivity contribution < 1.29 is 18.6 Å². The summed E-state index contributed by atoms with van der Waals surface area (Å²) in [6.45, 7) is 4.29. The Kier molecular flexibility index (Phi) is 17.6. The number of sulfonamides is 1. The second-order valence-corrected chi connectivity index (χ2v) is 10.5. The van der Waals surface area contributed by atoms with Crippen LogP contribution in [0.25, 0.3) is 0 Å². The smallest absolute Gasteiger partial charge is 0.269 e. The number of rotatable bonds is 20. The fourth-order valence-corrected chi connectivity index (χ4v) is 4.57. The first-order valence-corrected chi connectivity index (χ1v) is 13.6. The van der Waals surface area contributed by atoms with Crippen molar-refractivity contribution in [1.82, 2.24) is 0 Å². The van der Waals surface area contributed by atoms with Gasteiger partial charge in [-0.2, -0.15) is 0 Å². The van der Waals surface area contributed by atoms with Gasteiger partial charge in [0, 0.05) is 0 Å². The molecule has 0 aliphatic rings. The van der Waals surface area contributed by atoms with Crippen LogP contribution < -0.4 is 5.14 Å². The molecule has 5 nitrogen and oxygen atoms in total. The highest BCUT2D eigenvalue weighted by Crippen LogP contribution is 2.26. The molecule has 174 valence electrons. The Morgan fingerprint density at radius 3 is 1.69 bits per heavy atom. The molecule has 0 aromatic carbocycles. The van der Waals surface area contributed by atoms with E-state index in [1.807, 2.05) is 6.92 Å². The molecule has 0 saturated carbocycles. The van der Waals surface area contributed by atoms with E-state index in [4.69, 9.17) is 15.4 Å². The van der Waals surface area contributed by atoms with Crippen LogP contribution in [-0.2, 0) is 10.0 Å². The third-order valence-corrected chi connectivity index (χ3v) is 6.73. The Balaban J connectivity index is 3.87. The number of aliphatic hydroxyl groups excluding tert-OH is 1. The zero-order valence-corrected chi connectivity index (χ0v) is 19.8. The minimum Gasteiger partial charge on any atom is -0.481 e. The molecule has 0 aromatic heterocycles. The summed E-state index contributed by atoms with van der Waals surface area (Å²) in [4.78, 5) is 0. The Labute approximate surface area is 180 Å². The van der Waals surface area contributed by atoms with Gasteiger partial charge in [-0.25, -0.2) is 13.6 Å². The van der Waals surface area contributed by atoms with Crippen molar-refractivity contribution in [3.05, 3.63) is 12.0 Å². The van der Waals surface area contributed by atoms with Crippen LogP contribution >= 0.6 is 0 Å². The summed E-state index contributed by atoms with van der Waals surface area (Å²) in [5.41, 5.74) is 0. The van der Waals surface area contributed by atoms with Gasteiger partial charge in [0.15, 0.2) is 0 Å². The topological polar surface area (TPSA) is 101 Å². The van der Waals surface area contributed by atoms with Gasteiger partial charge in [-0.05, 0) is 30.8 Å². The van der Waals surface area contributed by atoms with Crippen molar-refractivity contribution in [3.8, 4) is 0 Å². The molecule has 0 saturated heterocycles.